The van der Waals surface area contributed by atoms with E-state index in [4.69, 9.17) is 5.73 Å². The SMILES string of the molecule is CC(N)CN1Cc2ccccc2CC1C.Cl. The molecule has 0 saturated carbocycles. The number of hydrogen-bond donors (Lipinski definition) is 1. The van der Waals surface area contributed by atoms with Crippen LogP contribution in [0.15, 0.2) is 24.3 Å². The molecule has 1 heterocycles. The van der Waals surface area contributed by atoms with Crippen molar-refractivity contribution in [3.8, 4) is 0 Å². The van der Waals surface area contributed by atoms with E-state index in [0.29, 0.717) is 6.04 Å². The van der Waals surface area contributed by atoms with E-state index in [-0.39, 0.29) is 18.4 Å². The number of halogens is 1. The highest BCUT2D eigenvalue weighted by Gasteiger charge is 2.22. The number of nitrogens with two attached hydrogens (primary N) is 1. The van der Waals surface area contributed by atoms with Gasteiger partial charge in [0.25, 0.3) is 0 Å². The lowest BCUT2D eigenvalue weighted by Gasteiger charge is -2.35. The van der Waals surface area contributed by atoms with Gasteiger partial charge >= 0.3 is 0 Å². The van der Waals surface area contributed by atoms with Crippen LogP contribution in [0.4, 0.5) is 0 Å². The molecule has 1 aromatic carbocycles. The standard InChI is InChI=1S/C13H20N2.ClH/c1-10(14)8-15-9-13-6-4-3-5-12(13)7-11(15)2;/h3-6,10-11H,7-9,14H2,1-2H3;1H. The molecule has 2 rings (SSSR count). The highest BCUT2D eigenvalue weighted by atomic mass is 35.5. The van der Waals surface area contributed by atoms with E-state index in [1.165, 1.54) is 11.1 Å². The second-order valence-corrected chi connectivity index (χ2v) is 4.73. The lowest BCUT2D eigenvalue weighted by atomic mass is 9.94. The van der Waals surface area contributed by atoms with Gasteiger partial charge in [-0.25, -0.2) is 0 Å². The quantitative estimate of drug-likeness (QED) is 0.859. The fraction of sp³-hybridized carbons (Fsp3) is 0.538. The maximum atomic E-state index is 5.86. The van der Waals surface area contributed by atoms with E-state index in [9.17, 15) is 0 Å². The van der Waals surface area contributed by atoms with E-state index in [2.05, 4.69) is 43.0 Å². The van der Waals surface area contributed by atoms with Gasteiger partial charge in [0.1, 0.15) is 0 Å². The van der Waals surface area contributed by atoms with Crippen molar-refractivity contribution < 1.29 is 0 Å². The van der Waals surface area contributed by atoms with Gasteiger partial charge in [-0.15, -0.1) is 12.4 Å². The lowest BCUT2D eigenvalue weighted by Crippen LogP contribution is -2.44. The molecule has 0 saturated heterocycles. The van der Waals surface area contributed by atoms with Crippen molar-refractivity contribution in [1.29, 1.82) is 0 Å². The molecule has 1 aromatic rings. The molecule has 0 radical (unpaired) electrons. The van der Waals surface area contributed by atoms with Crippen molar-refractivity contribution in [2.24, 2.45) is 5.73 Å². The molecule has 0 bridgehead atoms. The summed E-state index contributed by atoms with van der Waals surface area (Å²) in [5.41, 5.74) is 8.84. The average Bonchev–Trinajstić information content (AvgIpc) is 2.18. The van der Waals surface area contributed by atoms with Crippen LogP contribution in [0, 0.1) is 0 Å². The average molecular weight is 241 g/mol. The summed E-state index contributed by atoms with van der Waals surface area (Å²) in [7, 11) is 0. The van der Waals surface area contributed by atoms with Gasteiger partial charge in [0.2, 0.25) is 0 Å². The van der Waals surface area contributed by atoms with Gasteiger partial charge in [-0.1, -0.05) is 24.3 Å². The lowest BCUT2D eigenvalue weighted by molar-refractivity contribution is 0.176. The van der Waals surface area contributed by atoms with E-state index < -0.39 is 0 Å². The summed E-state index contributed by atoms with van der Waals surface area (Å²) in [4.78, 5) is 2.48. The van der Waals surface area contributed by atoms with Gasteiger partial charge in [-0.05, 0) is 31.4 Å². The van der Waals surface area contributed by atoms with Crippen LogP contribution in [-0.2, 0) is 13.0 Å². The molecule has 3 heteroatoms. The minimum atomic E-state index is 0. The first-order valence-corrected chi connectivity index (χ1v) is 5.73. The third-order valence-electron chi connectivity index (χ3n) is 3.15. The molecule has 0 amide bonds. The highest BCUT2D eigenvalue weighted by molar-refractivity contribution is 5.85. The third-order valence-corrected chi connectivity index (χ3v) is 3.15. The van der Waals surface area contributed by atoms with Gasteiger partial charge in [-0.2, -0.15) is 0 Å². The van der Waals surface area contributed by atoms with Crippen LogP contribution in [0.25, 0.3) is 0 Å². The second kappa shape index (κ2) is 5.67. The monoisotopic (exact) mass is 240 g/mol. The molecule has 0 spiro atoms. The van der Waals surface area contributed by atoms with Crippen LogP contribution in [0.5, 0.6) is 0 Å². The summed E-state index contributed by atoms with van der Waals surface area (Å²) in [6.07, 6.45) is 1.16. The normalized spacial score (nSPS) is 22.1. The summed E-state index contributed by atoms with van der Waals surface area (Å²) in [6.45, 7) is 6.42. The first kappa shape index (κ1) is 13.5. The van der Waals surface area contributed by atoms with Gasteiger partial charge < -0.3 is 5.73 Å². The fourth-order valence-corrected chi connectivity index (χ4v) is 2.35. The zero-order chi connectivity index (χ0) is 10.8. The molecule has 2 atom stereocenters. The maximum absolute atomic E-state index is 5.86. The largest absolute Gasteiger partial charge is 0.327 e. The maximum Gasteiger partial charge on any atom is 0.0240 e. The van der Waals surface area contributed by atoms with Crippen molar-refractivity contribution in [3.63, 3.8) is 0 Å². The molecule has 1 aliphatic heterocycles. The summed E-state index contributed by atoms with van der Waals surface area (Å²) in [5, 5.41) is 0. The van der Waals surface area contributed by atoms with Crippen LogP contribution in [0.1, 0.15) is 25.0 Å². The molecule has 0 aromatic heterocycles. The van der Waals surface area contributed by atoms with Gasteiger partial charge in [-0.3, -0.25) is 4.90 Å². The van der Waals surface area contributed by atoms with Crippen LogP contribution in [0.2, 0.25) is 0 Å². The first-order chi connectivity index (χ1) is 7.16. The highest BCUT2D eigenvalue weighted by Crippen LogP contribution is 2.22. The summed E-state index contributed by atoms with van der Waals surface area (Å²) >= 11 is 0. The number of nitrogens with zero attached hydrogens (tertiary/aromatic N) is 1. The molecule has 90 valence electrons. The number of benzene rings is 1. The topological polar surface area (TPSA) is 29.3 Å². The Morgan fingerprint density at radius 2 is 2.00 bits per heavy atom. The Bertz CT molecular complexity index is 338. The summed E-state index contributed by atoms with van der Waals surface area (Å²) < 4.78 is 0. The van der Waals surface area contributed by atoms with Crippen molar-refractivity contribution in [2.45, 2.75) is 38.9 Å². The van der Waals surface area contributed by atoms with E-state index >= 15 is 0 Å². The van der Waals surface area contributed by atoms with Crippen molar-refractivity contribution in [2.75, 3.05) is 6.54 Å². The Hall–Kier alpha value is -0.570. The second-order valence-electron chi connectivity index (χ2n) is 4.73. The number of hydrogen-bond acceptors (Lipinski definition) is 2. The molecule has 0 aliphatic carbocycles. The van der Waals surface area contributed by atoms with Crippen molar-refractivity contribution >= 4 is 12.4 Å². The molecule has 2 N–H and O–H groups in total. The Labute approximate surface area is 104 Å². The van der Waals surface area contributed by atoms with E-state index in [1.54, 1.807) is 0 Å². The zero-order valence-corrected chi connectivity index (χ0v) is 10.8. The minimum Gasteiger partial charge on any atom is -0.327 e. The summed E-state index contributed by atoms with van der Waals surface area (Å²) in [6, 6.07) is 9.61. The smallest absolute Gasteiger partial charge is 0.0240 e. The van der Waals surface area contributed by atoms with Crippen molar-refractivity contribution in [1.82, 2.24) is 4.90 Å². The molecule has 0 fully saturated rings. The summed E-state index contributed by atoms with van der Waals surface area (Å²) in [5.74, 6) is 0. The molecule has 2 nitrogen and oxygen atoms in total. The molecule has 1 aliphatic rings. The van der Waals surface area contributed by atoms with E-state index in [0.717, 1.165) is 19.5 Å². The first-order valence-electron chi connectivity index (χ1n) is 5.73. The van der Waals surface area contributed by atoms with Crippen LogP contribution in [-0.4, -0.2) is 23.5 Å². The third kappa shape index (κ3) is 2.97. The fourth-order valence-electron chi connectivity index (χ4n) is 2.35. The Morgan fingerprint density at radius 3 is 2.62 bits per heavy atom. The van der Waals surface area contributed by atoms with Gasteiger partial charge in [0.05, 0.1) is 0 Å². The van der Waals surface area contributed by atoms with Gasteiger partial charge in [0, 0.05) is 25.2 Å². The van der Waals surface area contributed by atoms with Crippen LogP contribution in [0.3, 0.4) is 0 Å². The Balaban J connectivity index is 0.00000128. The van der Waals surface area contributed by atoms with Crippen LogP contribution >= 0.6 is 12.4 Å². The van der Waals surface area contributed by atoms with Gasteiger partial charge in [0.15, 0.2) is 0 Å². The number of fused-ring (bicyclic) bond motifs is 1. The minimum absolute atomic E-state index is 0. The van der Waals surface area contributed by atoms with Crippen LogP contribution < -0.4 is 5.73 Å². The Kier molecular flexibility index (Phi) is 4.78. The van der Waals surface area contributed by atoms with Crippen molar-refractivity contribution in [3.05, 3.63) is 35.4 Å². The zero-order valence-electron chi connectivity index (χ0n) is 10.0. The Morgan fingerprint density at radius 1 is 1.38 bits per heavy atom. The number of rotatable bonds is 2. The predicted octanol–water partition coefficient (Wildman–Crippen LogP) is 2.20. The molecule has 16 heavy (non-hydrogen) atoms. The molecular formula is C13H21ClN2. The molecular weight excluding hydrogens is 220 g/mol. The predicted molar refractivity (Wildman–Crippen MR) is 70.9 cm³/mol. The van der Waals surface area contributed by atoms with E-state index in [1.807, 2.05) is 0 Å². The molecule has 2 unspecified atom stereocenters.